The molecule has 0 rings (SSSR count). The predicted molar refractivity (Wildman–Crippen MR) is 50.6 cm³/mol. The van der Waals surface area contributed by atoms with Crippen LogP contribution in [0.3, 0.4) is 0 Å². The van der Waals surface area contributed by atoms with Gasteiger partial charge >= 0.3 is 0 Å². The number of hydrogen-bond donors (Lipinski definition) is 1. The average molecular weight is 184 g/mol. The summed E-state index contributed by atoms with van der Waals surface area (Å²) in [5.41, 5.74) is 0. The minimum Gasteiger partial charge on any atom is -0.380 e. The number of ether oxygens (including phenoxy) is 1. The molecule has 0 spiro atoms. The highest BCUT2D eigenvalue weighted by Crippen LogP contribution is 2.15. The largest absolute Gasteiger partial charge is 0.380 e. The molecule has 0 aromatic carbocycles. The molecule has 0 N–H and O–H groups in total. The summed E-state index contributed by atoms with van der Waals surface area (Å²) in [7, 11) is 3.60. The zero-order chi connectivity index (χ0) is 6.95. The Morgan fingerprint density at radius 2 is 2.22 bits per heavy atom. The van der Waals surface area contributed by atoms with Crippen molar-refractivity contribution >= 4 is 34.2 Å². The van der Waals surface area contributed by atoms with Crippen LogP contribution in [-0.4, -0.2) is 31.0 Å². The molecule has 0 bridgehead atoms. The number of rotatable bonds is 6. The zero-order valence-electron chi connectivity index (χ0n) is 5.50. The first-order chi connectivity index (χ1) is 4.41. The van der Waals surface area contributed by atoms with Gasteiger partial charge < -0.3 is 4.74 Å². The molecule has 0 aliphatic rings. The van der Waals surface area contributed by atoms with Crippen LogP contribution < -0.4 is 0 Å². The molecule has 0 aliphatic carbocycles. The molecule has 0 radical (unpaired) electrons. The molecule has 0 aliphatic heterocycles. The summed E-state index contributed by atoms with van der Waals surface area (Å²) in [6.45, 7) is 1.63. The molecule has 0 saturated carbocycles. The Balaban J connectivity index is 2.60. The molecule has 0 aromatic heterocycles. The molecule has 9 heavy (non-hydrogen) atoms. The van der Waals surface area contributed by atoms with Crippen molar-refractivity contribution in [1.82, 2.24) is 0 Å². The van der Waals surface area contributed by atoms with Gasteiger partial charge in [0.1, 0.15) is 0 Å². The van der Waals surface area contributed by atoms with Crippen molar-refractivity contribution in [2.75, 3.05) is 31.0 Å². The van der Waals surface area contributed by atoms with E-state index in [-0.39, 0.29) is 0 Å². The van der Waals surface area contributed by atoms with Gasteiger partial charge in [0.2, 0.25) is 0 Å². The van der Waals surface area contributed by atoms with E-state index < -0.39 is 0 Å². The molecule has 4 heteroatoms. The smallest absolute Gasteiger partial charge is 0.0565 e. The Kier molecular flexibility index (Phi) is 10.0. The molecule has 0 fully saturated rings. The third-order valence-corrected chi connectivity index (χ3v) is 2.62. The lowest BCUT2D eigenvalue weighted by Crippen LogP contribution is -1.98. The van der Waals surface area contributed by atoms with Gasteiger partial charge in [0.05, 0.1) is 13.2 Å². The van der Waals surface area contributed by atoms with E-state index >= 15 is 0 Å². The van der Waals surface area contributed by atoms with Crippen molar-refractivity contribution in [3.8, 4) is 0 Å². The maximum atomic E-state index is 5.17. The second kappa shape index (κ2) is 9.01. The van der Waals surface area contributed by atoms with E-state index in [1.807, 2.05) is 10.8 Å². The second-order valence-corrected chi connectivity index (χ2v) is 4.46. The van der Waals surface area contributed by atoms with Crippen LogP contribution in [0.15, 0.2) is 0 Å². The third kappa shape index (κ3) is 9.01. The quantitative estimate of drug-likeness (QED) is 0.384. The molecule has 56 valence electrons. The lowest BCUT2D eigenvalue weighted by atomic mass is 10.8. The van der Waals surface area contributed by atoms with Gasteiger partial charge in [-0.1, -0.05) is 21.6 Å². The van der Waals surface area contributed by atoms with E-state index in [0.29, 0.717) is 0 Å². The van der Waals surface area contributed by atoms with Gasteiger partial charge in [-0.25, -0.2) is 0 Å². The van der Waals surface area contributed by atoms with Crippen molar-refractivity contribution in [2.24, 2.45) is 0 Å². The van der Waals surface area contributed by atoms with Crippen molar-refractivity contribution in [3.63, 3.8) is 0 Å². The molecule has 0 heterocycles. The van der Waals surface area contributed by atoms with Gasteiger partial charge in [-0.15, -0.1) is 0 Å². The van der Waals surface area contributed by atoms with Crippen molar-refractivity contribution in [1.29, 1.82) is 0 Å². The Hall–Kier alpha value is 1.01. The van der Waals surface area contributed by atoms with E-state index in [0.717, 1.165) is 24.7 Å². The van der Waals surface area contributed by atoms with E-state index in [9.17, 15) is 0 Å². The topological polar surface area (TPSA) is 9.23 Å². The summed E-state index contributed by atoms with van der Waals surface area (Å²) >= 11 is 4.01. The van der Waals surface area contributed by atoms with Gasteiger partial charge in [-0.05, 0) is 6.26 Å². The van der Waals surface area contributed by atoms with Crippen LogP contribution >= 0.6 is 34.2 Å². The highest BCUT2D eigenvalue weighted by molar-refractivity contribution is 8.76. The molecular formula is C5H12OS3. The molecule has 1 nitrogen and oxygen atoms in total. The lowest BCUT2D eigenvalue weighted by molar-refractivity contribution is 0.167. The van der Waals surface area contributed by atoms with Crippen molar-refractivity contribution in [3.05, 3.63) is 0 Å². The SMILES string of the molecule is CSSCCOCCS. The van der Waals surface area contributed by atoms with E-state index in [1.54, 1.807) is 10.8 Å². The van der Waals surface area contributed by atoms with Gasteiger partial charge in [0.15, 0.2) is 0 Å². The Labute approximate surface area is 70.1 Å². The minimum atomic E-state index is 0.776. The fraction of sp³-hybridized carbons (Fsp3) is 1.00. The fourth-order valence-electron chi connectivity index (χ4n) is 0.343. The van der Waals surface area contributed by atoms with Crippen LogP contribution in [0.4, 0.5) is 0 Å². The summed E-state index contributed by atoms with van der Waals surface area (Å²) in [6, 6.07) is 0. The first kappa shape index (κ1) is 10.0. The first-order valence-corrected chi connectivity index (χ1v) is 6.12. The molecule has 0 unspecified atom stereocenters. The zero-order valence-corrected chi connectivity index (χ0v) is 8.03. The summed E-state index contributed by atoms with van der Waals surface area (Å²) < 4.78 is 5.17. The first-order valence-electron chi connectivity index (χ1n) is 2.76. The van der Waals surface area contributed by atoms with Crippen LogP contribution in [-0.2, 0) is 4.74 Å². The summed E-state index contributed by atoms with van der Waals surface area (Å²) in [5, 5.41) is 0. The Bertz CT molecular complexity index is 45.5. The van der Waals surface area contributed by atoms with Gasteiger partial charge in [0, 0.05) is 11.5 Å². The van der Waals surface area contributed by atoms with Gasteiger partial charge in [-0.3, -0.25) is 0 Å². The monoisotopic (exact) mass is 184 g/mol. The predicted octanol–water partition coefficient (Wildman–Crippen LogP) is 1.94. The van der Waals surface area contributed by atoms with Gasteiger partial charge in [0.25, 0.3) is 0 Å². The van der Waals surface area contributed by atoms with Crippen LogP contribution in [0.5, 0.6) is 0 Å². The minimum absolute atomic E-state index is 0.776. The summed E-state index contributed by atoms with van der Waals surface area (Å²) in [4.78, 5) is 0. The van der Waals surface area contributed by atoms with Crippen LogP contribution in [0.25, 0.3) is 0 Å². The van der Waals surface area contributed by atoms with Crippen molar-refractivity contribution < 1.29 is 4.74 Å². The van der Waals surface area contributed by atoms with E-state index in [2.05, 4.69) is 18.9 Å². The average Bonchev–Trinajstić information content (AvgIpc) is 1.89. The third-order valence-electron chi connectivity index (χ3n) is 0.664. The second-order valence-electron chi connectivity index (χ2n) is 1.32. The molecule has 0 saturated heterocycles. The standard InChI is InChI=1S/C5H12OS3/c1-8-9-5-3-6-2-4-7/h7H,2-5H2,1H3. The lowest BCUT2D eigenvalue weighted by Gasteiger charge is -1.98. The Morgan fingerprint density at radius 3 is 2.78 bits per heavy atom. The van der Waals surface area contributed by atoms with E-state index in [1.165, 1.54) is 0 Å². The normalized spacial score (nSPS) is 10.0. The fourth-order valence-corrected chi connectivity index (χ4v) is 1.53. The van der Waals surface area contributed by atoms with Crippen LogP contribution in [0, 0.1) is 0 Å². The molecule has 0 atom stereocenters. The number of hydrogen-bond acceptors (Lipinski definition) is 4. The molecule has 0 amide bonds. The maximum Gasteiger partial charge on any atom is 0.0565 e. The van der Waals surface area contributed by atoms with Gasteiger partial charge in [-0.2, -0.15) is 12.6 Å². The maximum absolute atomic E-state index is 5.17. The highest BCUT2D eigenvalue weighted by Gasteiger charge is 1.85. The summed E-state index contributed by atoms with van der Waals surface area (Å²) in [5.74, 6) is 1.90. The Morgan fingerprint density at radius 1 is 1.44 bits per heavy atom. The van der Waals surface area contributed by atoms with Crippen LogP contribution in [0.2, 0.25) is 0 Å². The highest BCUT2D eigenvalue weighted by atomic mass is 33.1. The molecule has 0 aromatic rings. The van der Waals surface area contributed by atoms with Crippen LogP contribution in [0.1, 0.15) is 0 Å². The molecular weight excluding hydrogens is 172 g/mol. The van der Waals surface area contributed by atoms with E-state index in [4.69, 9.17) is 4.74 Å². The summed E-state index contributed by atoms with van der Waals surface area (Å²) in [6.07, 6.45) is 2.07. The number of thiol groups is 1. The van der Waals surface area contributed by atoms with Crippen molar-refractivity contribution in [2.45, 2.75) is 0 Å².